The first-order chi connectivity index (χ1) is 12.7. The van der Waals surface area contributed by atoms with Crippen molar-refractivity contribution in [1.29, 1.82) is 0 Å². The minimum absolute atomic E-state index is 0.0309. The quantitative estimate of drug-likeness (QED) is 0.411. The Labute approximate surface area is 154 Å². The molecular weight excluding hydrogens is 331 g/mol. The molecule has 0 bridgehead atoms. The van der Waals surface area contributed by atoms with Crippen LogP contribution >= 0.6 is 0 Å². The minimum Gasteiger partial charge on any atom is -0.357 e. The number of guanidine groups is 1. The van der Waals surface area contributed by atoms with Crippen LogP contribution < -0.4 is 16.2 Å². The van der Waals surface area contributed by atoms with Crippen LogP contribution in [0.5, 0.6) is 0 Å². The highest BCUT2D eigenvalue weighted by molar-refractivity contribution is 5.79. The number of benzene rings is 1. The zero-order chi connectivity index (χ0) is 18.6. The fourth-order valence-electron chi connectivity index (χ4n) is 2.59. The second-order valence-electron chi connectivity index (χ2n) is 6.01. The third-order valence-corrected chi connectivity index (χ3v) is 3.92. The van der Waals surface area contributed by atoms with Crippen molar-refractivity contribution < 1.29 is 4.39 Å². The number of aliphatic imine (C=N–C) groups is 1. The summed E-state index contributed by atoms with van der Waals surface area (Å²) >= 11 is 0. The van der Waals surface area contributed by atoms with Gasteiger partial charge in [0.05, 0.1) is 0 Å². The average molecular weight is 358 g/mol. The molecule has 0 unspecified atom stereocenters. The van der Waals surface area contributed by atoms with E-state index in [1.807, 2.05) is 25.3 Å². The molecular formula is C20H27FN4O. The van der Waals surface area contributed by atoms with E-state index >= 15 is 0 Å². The van der Waals surface area contributed by atoms with Crippen LogP contribution in [0.1, 0.15) is 25.3 Å². The zero-order valence-corrected chi connectivity index (χ0v) is 15.2. The largest absolute Gasteiger partial charge is 0.357 e. The molecule has 6 heteroatoms. The number of nitrogens with one attached hydrogen (secondary N) is 2. The SMILES string of the molecule is CCNC(=NCCCCn1ccccc1=O)NCCc1cccc(F)c1. The molecule has 1 aromatic heterocycles. The Hall–Kier alpha value is -2.63. The Balaban J connectivity index is 1.72. The van der Waals surface area contributed by atoms with Gasteiger partial charge in [-0.15, -0.1) is 0 Å². The molecule has 0 fully saturated rings. The molecule has 0 atom stereocenters. The number of halogens is 1. The van der Waals surface area contributed by atoms with Gasteiger partial charge in [-0.1, -0.05) is 18.2 Å². The summed E-state index contributed by atoms with van der Waals surface area (Å²) in [5.74, 6) is 0.557. The summed E-state index contributed by atoms with van der Waals surface area (Å²) in [6, 6.07) is 11.8. The van der Waals surface area contributed by atoms with E-state index in [2.05, 4.69) is 15.6 Å². The second kappa shape index (κ2) is 11.1. The lowest BCUT2D eigenvalue weighted by Crippen LogP contribution is -2.38. The molecule has 2 N–H and O–H groups in total. The van der Waals surface area contributed by atoms with Crippen molar-refractivity contribution in [2.75, 3.05) is 19.6 Å². The van der Waals surface area contributed by atoms with Crippen LogP contribution in [-0.4, -0.2) is 30.2 Å². The molecule has 5 nitrogen and oxygen atoms in total. The van der Waals surface area contributed by atoms with E-state index in [4.69, 9.17) is 0 Å². The van der Waals surface area contributed by atoms with E-state index in [0.717, 1.165) is 37.3 Å². The van der Waals surface area contributed by atoms with E-state index in [1.165, 1.54) is 6.07 Å². The van der Waals surface area contributed by atoms with Gasteiger partial charge in [-0.3, -0.25) is 9.79 Å². The van der Waals surface area contributed by atoms with Gasteiger partial charge in [-0.05, 0) is 49.9 Å². The number of aryl methyl sites for hydroxylation is 1. The maximum atomic E-state index is 13.2. The molecule has 0 saturated heterocycles. The zero-order valence-electron chi connectivity index (χ0n) is 15.2. The highest BCUT2D eigenvalue weighted by atomic mass is 19.1. The number of nitrogens with zero attached hydrogens (tertiary/aromatic N) is 2. The van der Waals surface area contributed by atoms with Crippen LogP contribution in [0.15, 0.2) is 58.4 Å². The fourth-order valence-corrected chi connectivity index (χ4v) is 2.59. The Bertz CT molecular complexity index is 757. The summed E-state index contributed by atoms with van der Waals surface area (Å²) in [4.78, 5) is 16.2. The lowest BCUT2D eigenvalue weighted by molar-refractivity contribution is 0.597. The molecule has 0 saturated carbocycles. The highest BCUT2D eigenvalue weighted by Crippen LogP contribution is 2.03. The summed E-state index contributed by atoms with van der Waals surface area (Å²) in [7, 11) is 0. The number of pyridine rings is 1. The van der Waals surface area contributed by atoms with Gasteiger partial charge in [0.1, 0.15) is 5.82 Å². The van der Waals surface area contributed by atoms with Crippen LogP contribution in [0.3, 0.4) is 0 Å². The Kier molecular flexibility index (Phi) is 8.39. The standard InChI is InChI=1S/C20H27FN4O/c1-2-22-20(24-13-11-17-8-7-9-18(21)16-17)23-12-4-6-15-25-14-5-3-10-19(25)26/h3,5,7-10,14,16H,2,4,6,11-13,15H2,1H3,(H2,22,23,24). The molecule has 1 aromatic carbocycles. The first kappa shape index (κ1) is 19.7. The summed E-state index contributed by atoms with van der Waals surface area (Å²) < 4.78 is 14.9. The van der Waals surface area contributed by atoms with Crippen LogP contribution in [0.25, 0.3) is 0 Å². The van der Waals surface area contributed by atoms with Crippen LogP contribution in [0.2, 0.25) is 0 Å². The third kappa shape index (κ3) is 7.09. The predicted molar refractivity (Wildman–Crippen MR) is 104 cm³/mol. The Morgan fingerprint density at radius 3 is 2.81 bits per heavy atom. The molecule has 0 aliphatic carbocycles. The summed E-state index contributed by atoms with van der Waals surface area (Å²) in [6.07, 6.45) is 4.35. The van der Waals surface area contributed by atoms with Gasteiger partial charge in [0, 0.05) is 38.4 Å². The lowest BCUT2D eigenvalue weighted by atomic mass is 10.1. The number of rotatable bonds is 9. The van der Waals surface area contributed by atoms with E-state index in [9.17, 15) is 9.18 Å². The first-order valence-corrected chi connectivity index (χ1v) is 9.11. The predicted octanol–water partition coefficient (Wildman–Crippen LogP) is 2.57. The van der Waals surface area contributed by atoms with E-state index in [-0.39, 0.29) is 11.4 Å². The average Bonchev–Trinajstić information content (AvgIpc) is 2.63. The highest BCUT2D eigenvalue weighted by Gasteiger charge is 1.99. The molecule has 2 rings (SSSR count). The van der Waals surface area contributed by atoms with E-state index in [0.29, 0.717) is 19.6 Å². The monoisotopic (exact) mass is 358 g/mol. The smallest absolute Gasteiger partial charge is 0.250 e. The first-order valence-electron chi connectivity index (χ1n) is 9.11. The maximum Gasteiger partial charge on any atom is 0.250 e. The molecule has 0 aliphatic heterocycles. The molecule has 26 heavy (non-hydrogen) atoms. The minimum atomic E-state index is -0.208. The number of hydrogen-bond donors (Lipinski definition) is 2. The van der Waals surface area contributed by atoms with Gasteiger partial charge in [0.2, 0.25) is 5.56 Å². The third-order valence-electron chi connectivity index (χ3n) is 3.92. The molecule has 1 heterocycles. The Morgan fingerprint density at radius 2 is 2.04 bits per heavy atom. The fraction of sp³-hybridized carbons (Fsp3) is 0.400. The van der Waals surface area contributed by atoms with Gasteiger partial charge < -0.3 is 15.2 Å². The van der Waals surface area contributed by atoms with Crippen LogP contribution in [-0.2, 0) is 13.0 Å². The van der Waals surface area contributed by atoms with Crippen molar-refractivity contribution in [2.24, 2.45) is 4.99 Å². The van der Waals surface area contributed by atoms with Crippen molar-refractivity contribution in [1.82, 2.24) is 15.2 Å². The normalized spacial score (nSPS) is 11.4. The number of aromatic nitrogens is 1. The lowest BCUT2D eigenvalue weighted by Gasteiger charge is -2.11. The van der Waals surface area contributed by atoms with Crippen molar-refractivity contribution >= 4 is 5.96 Å². The Morgan fingerprint density at radius 1 is 1.15 bits per heavy atom. The molecule has 0 amide bonds. The van der Waals surface area contributed by atoms with Crippen molar-refractivity contribution in [2.45, 2.75) is 32.7 Å². The molecule has 2 aromatic rings. The number of hydrogen-bond acceptors (Lipinski definition) is 2. The van der Waals surface area contributed by atoms with E-state index in [1.54, 1.807) is 28.8 Å². The maximum absolute atomic E-state index is 13.2. The van der Waals surface area contributed by atoms with Gasteiger partial charge >= 0.3 is 0 Å². The topological polar surface area (TPSA) is 58.4 Å². The van der Waals surface area contributed by atoms with Gasteiger partial charge in [0.25, 0.3) is 0 Å². The summed E-state index contributed by atoms with van der Waals surface area (Å²) in [6.45, 7) is 4.89. The van der Waals surface area contributed by atoms with Crippen LogP contribution in [0, 0.1) is 5.82 Å². The summed E-state index contributed by atoms with van der Waals surface area (Å²) in [5.41, 5.74) is 0.991. The van der Waals surface area contributed by atoms with Crippen molar-refractivity contribution in [3.8, 4) is 0 Å². The van der Waals surface area contributed by atoms with Crippen molar-refractivity contribution in [3.05, 3.63) is 70.4 Å². The molecule has 0 spiro atoms. The molecule has 0 aliphatic rings. The van der Waals surface area contributed by atoms with Crippen molar-refractivity contribution in [3.63, 3.8) is 0 Å². The summed E-state index contributed by atoms with van der Waals surface area (Å²) in [5, 5.41) is 6.48. The van der Waals surface area contributed by atoms with Gasteiger partial charge in [0.15, 0.2) is 5.96 Å². The second-order valence-corrected chi connectivity index (χ2v) is 6.01. The number of unbranched alkanes of at least 4 members (excludes halogenated alkanes) is 1. The van der Waals surface area contributed by atoms with Gasteiger partial charge in [-0.2, -0.15) is 0 Å². The van der Waals surface area contributed by atoms with Crippen LogP contribution in [0.4, 0.5) is 4.39 Å². The van der Waals surface area contributed by atoms with Gasteiger partial charge in [-0.25, -0.2) is 4.39 Å². The molecule has 140 valence electrons. The van der Waals surface area contributed by atoms with E-state index < -0.39 is 0 Å². The molecule has 0 radical (unpaired) electrons.